The van der Waals surface area contributed by atoms with Gasteiger partial charge in [0.1, 0.15) is 20.2 Å². The Labute approximate surface area is 353 Å². The topological polar surface area (TPSA) is 345 Å². The van der Waals surface area contributed by atoms with E-state index in [1.54, 1.807) is 0 Å². The van der Waals surface area contributed by atoms with E-state index in [-0.39, 0.29) is 170 Å². The smallest absolute Gasteiger partial charge is 0.744 e. The van der Waals surface area contributed by atoms with Gasteiger partial charge in [-0.05, 0) is 35.4 Å². The van der Waals surface area contributed by atoms with Gasteiger partial charge in [-0.15, -0.1) is 0 Å². The molecule has 0 saturated carbocycles. The number of nitrogens with zero attached hydrogens (tertiary/aromatic N) is 6. The summed E-state index contributed by atoms with van der Waals surface area (Å²) in [6.45, 7) is -0.501. The summed E-state index contributed by atoms with van der Waals surface area (Å²) in [6, 6.07) is 7.31. The van der Waals surface area contributed by atoms with E-state index in [0.29, 0.717) is 0 Å². The molecular weight excluding hydrogens is 774 g/mol. The van der Waals surface area contributed by atoms with E-state index in [4.69, 9.17) is 20.4 Å². The number of nitrogens with one attached hydrogen (secondary N) is 6. The van der Waals surface area contributed by atoms with Crippen LogP contribution in [-0.2, 0) is 20.2 Å². The molecule has 4 aromatic rings. The van der Waals surface area contributed by atoms with Crippen molar-refractivity contribution in [3.63, 3.8) is 0 Å². The molecular formula is C28H34N12Na2O10S2. The normalized spacial score (nSPS) is 11.3. The van der Waals surface area contributed by atoms with Gasteiger partial charge in [0, 0.05) is 37.6 Å². The molecule has 0 unspecified atom stereocenters. The van der Waals surface area contributed by atoms with Gasteiger partial charge in [-0.3, -0.25) is 0 Å². The van der Waals surface area contributed by atoms with Crippen LogP contribution < -0.4 is 91.0 Å². The Morgan fingerprint density at radius 2 is 0.778 bits per heavy atom. The Bertz CT molecular complexity index is 1900. The molecule has 2 heterocycles. The Morgan fingerprint density at radius 1 is 0.500 bits per heavy atom. The largest absolute Gasteiger partial charge is 1.00 e. The van der Waals surface area contributed by atoms with Gasteiger partial charge in [0.15, 0.2) is 0 Å². The van der Waals surface area contributed by atoms with Crippen molar-refractivity contribution in [1.82, 2.24) is 29.9 Å². The second-order valence-electron chi connectivity index (χ2n) is 10.2. The number of aliphatic hydroxyl groups is 4. The number of aliphatic hydroxyl groups excluding tert-OH is 4. The number of hydrogen-bond acceptors (Lipinski definition) is 22. The third-order valence-corrected chi connectivity index (χ3v) is 8.16. The molecule has 0 aliphatic rings. The summed E-state index contributed by atoms with van der Waals surface area (Å²) in [7, 11) is -10.2. The van der Waals surface area contributed by atoms with Crippen molar-refractivity contribution in [2.75, 3.05) is 84.5 Å². The van der Waals surface area contributed by atoms with Gasteiger partial charge < -0.3 is 61.4 Å². The molecule has 0 amide bonds. The maximum Gasteiger partial charge on any atom is 1.00 e. The average molecular weight is 809 g/mol. The van der Waals surface area contributed by atoms with Crippen LogP contribution in [0.5, 0.6) is 0 Å². The van der Waals surface area contributed by atoms with Gasteiger partial charge in [0.25, 0.3) is 0 Å². The molecule has 0 bridgehead atoms. The molecule has 0 saturated heterocycles. The molecule has 0 aliphatic heterocycles. The summed E-state index contributed by atoms with van der Waals surface area (Å²) in [5, 5.41) is 53.0. The first-order valence-electron chi connectivity index (χ1n) is 15.2. The first-order chi connectivity index (χ1) is 24.8. The second kappa shape index (κ2) is 22.3. The molecule has 0 spiro atoms. The van der Waals surface area contributed by atoms with Crippen LogP contribution in [0, 0.1) is 0 Å². The molecule has 22 nitrogen and oxygen atoms in total. The van der Waals surface area contributed by atoms with E-state index in [2.05, 4.69) is 61.8 Å². The molecule has 2 aromatic heterocycles. The van der Waals surface area contributed by atoms with Crippen molar-refractivity contribution in [2.45, 2.75) is 9.79 Å². The van der Waals surface area contributed by atoms with Gasteiger partial charge in [0.2, 0.25) is 35.7 Å². The summed E-state index contributed by atoms with van der Waals surface area (Å²) in [4.78, 5) is 23.3. The van der Waals surface area contributed by atoms with Crippen LogP contribution >= 0.6 is 0 Å². The minimum absolute atomic E-state index is 0. The summed E-state index contributed by atoms with van der Waals surface area (Å²) >= 11 is 0. The minimum atomic E-state index is -5.11. The fourth-order valence-electron chi connectivity index (χ4n) is 4.22. The summed E-state index contributed by atoms with van der Waals surface area (Å²) in [5.41, 5.74) is -0.140. The van der Waals surface area contributed by atoms with E-state index in [9.17, 15) is 25.9 Å². The standard InChI is InChI=1S/C28H36N12O10S2.2Na/c41-11-7-29-23-35-24(30-8-12-42)38-27(37-23)33-19-5-3-17(21(15-19)51(45,46)47)1-2-18-4-6-20(16-22(18)52(48,49)50)34-28-39-25(31-9-13-43)36-26(40-28)32-10-14-44;;/h1-6,15-16,41-44H,7-14H2,(H,45,46,47)(H,48,49,50)(H3,29,30,33,35,37,38)(H3,31,32,34,36,39,40);;/q;2*+1/p-2/b2-1+;;. The first-order valence-corrected chi connectivity index (χ1v) is 18.0. The van der Waals surface area contributed by atoms with Crippen LogP contribution in [0.3, 0.4) is 0 Å². The molecule has 4 rings (SSSR count). The van der Waals surface area contributed by atoms with E-state index in [1.807, 2.05) is 0 Å². The molecule has 10 N–H and O–H groups in total. The summed E-state index contributed by atoms with van der Waals surface area (Å²) in [6.07, 6.45) is 2.29. The molecule has 54 heavy (non-hydrogen) atoms. The minimum Gasteiger partial charge on any atom is -0.744 e. The third-order valence-electron chi connectivity index (χ3n) is 6.37. The maximum absolute atomic E-state index is 12.3. The second-order valence-corrected chi connectivity index (χ2v) is 12.9. The van der Waals surface area contributed by atoms with E-state index < -0.39 is 30.0 Å². The van der Waals surface area contributed by atoms with Crippen LogP contribution in [0.25, 0.3) is 12.2 Å². The van der Waals surface area contributed by atoms with Crippen molar-refractivity contribution in [3.05, 3.63) is 47.5 Å². The molecule has 0 fully saturated rings. The Morgan fingerprint density at radius 3 is 1.04 bits per heavy atom. The maximum atomic E-state index is 12.3. The summed E-state index contributed by atoms with van der Waals surface area (Å²) in [5.74, 6) is 0.00523. The van der Waals surface area contributed by atoms with Crippen molar-refractivity contribution < 1.29 is 105 Å². The number of benzene rings is 2. The monoisotopic (exact) mass is 808 g/mol. The molecule has 0 radical (unpaired) electrons. The Hall–Kier alpha value is -3.34. The van der Waals surface area contributed by atoms with Crippen molar-refractivity contribution in [2.24, 2.45) is 0 Å². The molecule has 2 aromatic carbocycles. The zero-order valence-electron chi connectivity index (χ0n) is 29.0. The number of aromatic nitrogens is 6. The van der Waals surface area contributed by atoms with Crippen LogP contribution in [0.1, 0.15) is 11.1 Å². The summed E-state index contributed by atoms with van der Waals surface area (Å²) < 4.78 is 73.8. The van der Waals surface area contributed by atoms with Gasteiger partial charge in [0.05, 0.1) is 36.2 Å². The predicted octanol–water partition coefficient (Wildman–Crippen LogP) is -6.85. The SMILES string of the molecule is O=S(=O)([O-])c1cc(Nc2nc(NCCO)nc(NCCO)n2)ccc1/C=C/c1ccc(Nc2nc(NCCO)nc(NCCO)n2)cc1S(=O)(=O)[O-].[Na+].[Na+]. The quantitative estimate of drug-likeness (QED) is 0.0225. The third kappa shape index (κ3) is 14.4. The first kappa shape index (κ1) is 46.8. The molecule has 0 atom stereocenters. The van der Waals surface area contributed by atoms with Gasteiger partial charge in [-0.1, -0.05) is 24.3 Å². The Kier molecular flexibility index (Phi) is 19.3. The zero-order valence-corrected chi connectivity index (χ0v) is 34.6. The van der Waals surface area contributed by atoms with Crippen LogP contribution in [-0.4, -0.2) is 129 Å². The van der Waals surface area contributed by atoms with Crippen LogP contribution in [0.15, 0.2) is 46.2 Å². The number of hydrogen-bond donors (Lipinski definition) is 10. The predicted molar refractivity (Wildman–Crippen MR) is 186 cm³/mol. The van der Waals surface area contributed by atoms with Crippen molar-refractivity contribution in [1.29, 1.82) is 0 Å². The zero-order chi connectivity index (χ0) is 37.7. The van der Waals surface area contributed by atoms with Crippen molar-refractivity contribution in [3.8, 4) is 0 Å². The molecule has 26 heteroatoms. The molecule has 280 valence electrons. The Balaban J connectivity index is 0.00000504. The molecule has 0 aliphatic carbocycles. The van der Waals surface area contributed by atoms with E-state index >= 15 is 0 Å². The number of anilines is 8. The fraction of sp³-hybridized carbons (Fsp3) is 0.286. The average Bonchev–Trinajstić information content (AvgIpc) is 3.10. The van der Waals surface area contributed by atoms with E-state index in [0.717, 1.165) is 24.3 Å². The van der Waals surface area contributed by atoms with Crippen LogP contribution in [0.4, 0.5) is 47.1 Å². The fourth-order valence-corrected chi connectivity index (χ4v) is 5.61. The van der Waals surface area contributed by atoms with Gasteiger partial charge in [-0.2, -0.15) is 29.9 Å². The number of rotatable bonds is 20. The van der Waals surface area contributed by atoms with Crippen LogP contribution in [0.2, 0.25) is 0 Å². The van der Waals surface area contributed by atoms with E-state index in [1.165, 1.54) is 24.3 Å². The van der Waals surface area contributed by atoms with Gasteiger partial charge >= 0.3 is 59.1 Å². The van der Waals surface area contributed by atoms with Crippen molar-refractivity contribution >= 4 is 79.5 Å². The van der Waals surface area contributed by atoms with Gasteiger partial charge in [-0.25, -0.2) is 16.8 Å².